The highest BCUT2D eigenvalue weighted by atomic mass is 32.2. The van der Waals surface area contributed by atoms with E-state index in [1.165, 1.54) is 12.1 Å². The van der Waals surface area contributed by atoms with Crippen molar-refractivity contribution < 1.29 is 12.8 Å². The number of rotatable bonds is 3. The fourth-order valence-electron chi connectivity index (χ4n) is 2.24. The molecule has 0 radical (unpaired) electrons. The number of hydrogen-bond acceptors (Lipinski definition) is 4. The summed E-state index contributed by atoms with van der Waals surface area (Å²) >= 11 is 0. The van der Waals surface area contributed by atoms with Gasteiger partial charge in [0.1, 0.15) is 5.82 Å². The molecule has 1 aromatic rings. The van der Waals surface area contributed by atoms with Crippen LogP contribution in [0.25, 0.3) is 0 Å². The fraction of sp³-hybridized carbons (Fsp3) is 0.429. The third kappa shape index (κ3) is 4.18. The van der Waals surface area contributed by atoms with E-state index >= 15 is 0 Å². The molecule has 1 aromatic carbocycles. The first-order chi connectivity index (χ1) is 10.4. The summed E-state index contributed by atoms with van der Waals surface area (Å²) in [7, 11) is -1.40. The Kier molecular flexibility index (Phi) is 4.98. The molecule has 0 aromatic heterocycles. The maximum atomic E-state index is 13.8. The van der Waals surface area contributed by atoms with E-state index in [1.54, 1.807) is 13.1 Å². The van der Waals surface area contributed by atoms with Crippen molar-refractivity contribution in [3.63, 3.8) is 0 Å². The predicted molar refractivity (Wildman–Crippen MR) is 81.5 cm³/mol. The molecule has 2 N–H and O–H groups in total. The van der Waals surface area contributed by atoms with E-state index in [9.17, 15) is 12.8 Å². The molecule has 1 heterocycles. The normalized spacial score (nSPS) is 20.4. The average molecular weight is 324 g/mol. The summed E-state index contributed by atoms with van der Waals surface area (Å²) in [4.78, 5) is 4.00. The molecule has 2 rings (SSSR count). The van der Waals surface area contributed by atoms with Gasteiger partial charge in [0.15, 0.2) is 15.8 Å². The smallest absolute Gasteiger partial charge is 0.191 e. The van der Waals surface area contributed by atoms with Gasteiger partial charge < -0.3 is 10.6 Å². The highest BCUT2D eigenvalue weighted by Crippen LogP contribution is 2.12. The van der Waals surface area contributed by atoms with Crippen molar-refractivity contribution in [2.24, 2.45) is 4.99 Å². The molecule has 0 spiro atoms. The van der Waals surface area contributed by atoms with Gasteiger partial charge in [-0.15, -0.1) is 0 Å². The van der Waals surface area contributed by atoms with Crippen molar-refractivity contribution in [3.05, 3.63) is 35.1 Å². The van der Waals surface area contributed by atoms with E-state index in [4.69, 9.17) is 5.26 Å². The molecule has 8 heteroatoms. The van der Waals surface area contributed by atoms with Crippen LogP contribution >= 0.6 is 0 Å². The zero-order chi connectivity index (χ0) is 16.2. The van der Waals surface area contributed by atoms with Crippen LogP contribution in [0.2, 0.25) is 0 Å². The zero-order valence-electron chi connectivity index (χ0n) is 12.1. The topological polar surface area (TPSA) is 94.3 Å². The minimum atomic E-state index is -2.97. The fourth-order valence-corrected chi connectivity index (χ4v) is 3.91. The van der Waals surface area contributed by atoms with E-state index in [0.29, 0.717) is 17.9 Å². The summed E-state index contributed by atoms with van der Waals surface area (Å²) in [5.74, 6) is 0.210. The van der Waals surface area contributed by atoms with E-state index in [0.717, 1.165) is 0 Å². The Morgan fingerprint density at radius 3 is 2.86 bits per heavy atom. The molecular weight excluding hydrogens is 307 g/mol. The molecule has 1 aliphatic rings. The molecule has 1 atom stereocenters. The standard InChI is InChI=1S/C14H17FN4O2S/c1-17-14(19-12-4-5-22(20,21)9-12)18-8-11-3-2-10(7-16)6-13(11)15/h2-3,6,12H,4-5,8-9H2,1H3,(H2,17,18,19). The van der Waals surface area contributed by atoms with Crippen LogP contribution in [0.1, 0.15) is 17.5 Å². The number of benzene rings is 1. The van der Waals surface area contributed by atoms with Crippen LogP contribution in [0.5, 0.6) is 0 Å². The molecule has 1 unspecified atom stereocenters. The zero-order valence-corrected chi connectivity index (χ0v) is 13.0. The van der Waals surface area contributed by atoms with E-state index < -0.39 is 15.7 Å². The van der Waals surface area contributed by atoms with Gasteiger partial charge in [0.05, 0.1) is 23.1 Å². The summed E-state index contributed by atoms with van der Waals surface area (Å²) in [5.41, 5.74) is 0.668. The van der Waals surface area contributed by atoms with Gasteiger partial charge in [0.2, 0.25) is 0 Å². The quantitative estimate of drug-likeness (QED) is 0.625. The Bertz CT molecular complexity index is 725. The average Bonchev–Trinajstić information content (AvgIpc) is 2.83. The Balaban J connectivity index is 1.93. The Labute approximate surface area is 129 Å². The molecular formula is C14H17FN4O2S. The number of halogens is 1. The van der Waals surface area contributed by atoms with Crippen LogP contribution in [0, 0.1) is 17.1 Å². The second kappa shape index (κ2) is 6.75. The summed E-state index contributed by atoms with van der Waals surface area (Å²) in [6.07, 6.45) is 0.536. The lowest BCUT2D eigenvalue weighted by atomic mass is 10.1. The number of nitriles is 1. The summed E-state index contributed by atoms with van der Waals surface area (Å²) in [6.45, 7) is 0.191. The summed E-state index contributed by atoms with van der Waals surface area (Å²) < 4.78 is 36.6. The number of nitrogens with zero attached hydrogens (tertiary/aromatic N) is 2. The van der Waals surface area contributed by atoms with Crippen molar-refractivity contribution in [2.75, 3.05) is 18.6 Å². The monoisotopic (exact) mass is 324 g/mol. The molecule has 0 aliphatic carbocycles. The number of sulfone groups is 1. The molecule has 6 nitrogen and oxygen atoms in total. The highest BCUT2D eigenvalue weighted by Gasteiger charge is 2.28. The summed E-state index contributed by atoms with van der Waals surface area (Å²) in [5, 5.41) is 14.7. The predicted octanol–water partition coefficient (Wildman–Crippen LogP) is 0.549. The van der Waals surface area contributed by atoms with E-state index in [2.05, 4.69) is 15.6 Å². The SMILES string of the molecule is CN=C(NCc1ccc(C#N)cc1F)NC1CCS(=O)(=O)C1. The third-order valence-electron chi connectivity index (χ3n) is 3.43. The molecule has 0 saturated carbocycles. The Morgan fingerprint density at radius 1 is 1.55 bits per heavy atom. The van der Waals surface area contributed by atoms with Crippen LogP contribution < -0.4 is 10.6 Å². The van der Waals surface area contributed by atoms with Gasteiger partial charge in [-0.25, -0.2) is 12.8 Å². The van der Waals surface area contributed by atoms with Gasteiger partial charge in [-0.05, 0) is 18.6 Å². The first kappa shape index (κ1) is 16.2. The number of guanidine groups is 1. The molecule has 0 bridgehead atoms. The van der Waals surface area contributed by atoms with Gasteiger partial charge in [-0.3, -0.25) is 4.99 Å². The maximum Gasteiger partial charge on any atom is 0.191 e. The maximum absolute atomic E-state index is 13.8. The number of hydrogen-bond donors (Lipinski definition) is 2. The Hall–Kier alpha value is -2.14. The van der Waals surface area contributed by atoms with E-state index in [-0.39, 0.29) is 29.7 Å². The lowest BCUT2D eigenvalue weighted by Gasteiger charge is -2.16. The first-order valence-corrected chi connectivity index (χ1v) is 8.62. The minimum Gasteiger partial charge on any atom is -0.353 e. The molecule has 1 fully saturated rings. The van der Waals surface area contributed by atoms with Gasteiger partial charge >= 0.3 is 0 Å². The van der Waals surface area contributed by atoms with Crippen molar-refractivity contribution in [2.45, 2.75) is 19.0 Å². The highest BCUT2D eigenvalue weighted by molar-refractivity contribution is 7.91. The second-order valence-electron chi connectivity index (χ2n) is 5.09. The first-order valence-electron chi connectivity index (χ1n) is 6.79. The molecule has 118 valence electrons. The minimum absolute atomic E-state index is 0.0823. The van der Waals surface area contributed by atoms with Crippen LogP contribution in [0.4, 0.5) is 4.39 Å². The van der Waals surface area contributed by atoms with Gasteiger partial charge in [0, 0.05) is 25.2 Å². The van der Waals surface area contributed by atoms with Gasteiger partial charge in [-0.1, -0.05) is 6.07 Å². The summed E-state index contributed by atoms with van der Waals surface area (Å²) in [6, 6.07) is 5.95. The number of aliphatic imine (C=N–C) groups is 1. The van der Waals surface area contributed by atoms with Crippen LogP contribution in [-0.2, 0) is 16.4 Å². The molecule has 1 saturated heterocycles. The largest absolute Gasteiger partial charge is 0.353 e. The lowest BCUT2D eigenvalue weighted by Crippen LogP contribution is -2.43. The van der Waals surface area contributed by atoms with Crippen molar-refractivity contribution >= 4 is 15.8 Å². The third-order valence-corrected chi connectivity index (χ3v) is 5.19. The van der Waals surface area contributed by atoms with Crippen molar-refractivity contribution in [3.8, 4) is 6.07 Å². The molecule has 0 amide bonds. The number of nitrogens with one attached hydrogen (secondary N) is 2. The van der Waals surface area contributed by atoms with Gasteiger partial charge in [0.25, 0.3) is 0 Å². The molecule has 22 heavy (non-hydrogen) atoms. The van der Waals surface area contributed by atoms with Crippen LogP contribution in [0.3, 0.4) is 0 Å². The van der Waals surface area contributed by atoms with Crippen LogP contribution in [-0.4, -0.2) is 39.0 Å². The van der Waals surface area contributed by atoms with Crippen molar-refractivity contribution in [1.82, 2.24) is 10.6 Å². The van der Waals surface area contributed by atoms with Gasteiger partial charge in [-0.2, -0.15) is 5.26 Å². The lowest BCUT2D eigenvalue weighted by molar-refractivity contribution is 0.597. The Morgan fingerprint density at radius 2 is 2.32 bits per heavy atom. The molecule has 1 aliphatic heterocycles. The van der Waals surface area contributed by atoms with Crippen molar-refractivity contribution in [1.29, 1.82) is 5.26 Å². The second-order valence-corrected chi connectivity index (χ2v) is 7.32. The van der Waals surface area contributed by atoms with Crippen LogP contribution in [0.15, 0.2) is 23.2 Å². The van der Waals surface area contributed by atoms with E-state index in [1.807, 2.05) is 6.07 Å².